The van der Waals surface area contributed by atoms with Crippen molar-refractivity contribution in [2.24, 2.45) is 11.8 Å². The van der Waals surface area contributed by atoms with Gasteiger partial charge in [0, 0.05) is 6.42 Å². The highest BCUT2D eigenvalue weighted by atomic mass is 32.2. The van der Waals surface area contributed by atoms with Gasteiger partial charge in [0.05, 0.1) is 21.2 Å². The van der Waals surface area contributed by atoms with Crippen LogP contribution in [0.4, 0.5) is 13.2 Å². The Morgan fingerprint density at radius 1 is 1.09 bits per heavy atom. The molecule has 0 radical (unpaired) electrons. The molecule has 0 aromatic heterocycles. The van der Waals surface area contributed by atoms with E-state index in [1.54, 1.807) is 0 Å². The van der Waals surface area contributed by atoms with E-state index >= 15 is 0 Å². The van der Waals surface area contributed by atoms with Crippen LogP contribution in [0.15, 0.2) is 29.2 Å². The lowest BCUT2D eigenvalue weighted by molar-refractivity contribution is -0.137. The molecule has 3 rings (SSSR count). The first-order valence-corrected chi connectivity index (χ1v) is 13.1. The van der Waals surface area contributed by atoms with Gasteiger partial charge in [0.25, 0.3) is 0 Å². The molecule has 1 aromatic rings. The number of halogens is 3. The molecule has 180 valence electrons. The third kappa shape index (κ3) is 5.74. The van der Waals surface area contributed by atoms with E-state index in [-0.39, 0.29) is 29.6 Å². The number of hydrogen-bond donors (Lipinski definition) is 1. The molecule has 0 amide bonds. The normalized spacial score (nSPS) is 23.4. The molecule has 32 heavy (non-hydrogen) atoms. The molecule has 8 heteroatoms. The van der Waals surface area contributed by atoms with Gasteiger partial charge in [-0.05, 0) is 69.7 Å². The second-order valence-corrected chi connectivity index (χ2v) is 12.5. The highest BCUT2D eigenvalue weighted by Gasteiger charge is 2.39. The molecule has 2 fully saturated rings. The SMILES string of the molecule is CC(C)(CCCC(=O)C1CC(C2CCCCC2)CN1)S(=O)(=O)c1cccc(C(F)(F)F)c1. The fourth-order valence-electron chi connectivity index (χ4n) is 5.13. The van der Waals surface area contributed by atoms with Crippen molar-refractivity contribution in [1.29, 1.82) is 0 Å². The van der Waals surface area contributed by atoms with E-state index in [0.717, 1.165) is 25.1 Å². The minimum Gasteiger partial charge on any atom is -0.307 e. The fraction of sp³-hybridized carbons (Fsp3) is 0.708. The van der Waals surface area contributed by atoms with Crippen LogP contribution in [0.25, 0.3) is 0 Å². The van der Waals surface area contributed by atoms with Gasteiger partial charge in [0.1, 0.15) is 5.78 Å². The molecule has 1 heterocycles. The number of ketones is 1. The third-order valence-corrected chi connectivity index (χ3v) is 9.80. The molecule has 1 saturated heterocycles. The van der Waals surface area contributed by atoms with Crippen LogP contribution in [0.2, 0.25) is 0 Å². The summed E-state index contributed by atoms with van der Waals surface area (Å²) in [7, 11) is -3.99. The number of carbonyl (C=O) groups excluding carboxylic acids is 1. The smallest absolute Gasteiger partial charge is 0.307 e. The first-order chi connectivity index (χ1) is 14.9. The zero-order valence-corrected chi connectivity index (χ0v) is 19.7. The van der Waals surface area contributed by atoms with Crippen molar-refractivity contribution in [3.05, 3.63) is 29.8 Å². The molecule has 1 N–H and O–H groups in total. The summed E-state index contributed by atoms with van der Waals surface area (Å²) < 4.78 is 63.8. The quantitative estimate of drug-likeness (QED) is 0.537. The zero-order chi connectivity index (χ0) is 23.6. The van der Waals surface area contributed by atoms with E-state index < -0.39 is 26.3 Å². The van der Waals surface area contributed by atoms with E-state index in [4.69, 9.17) is 0 Å². The van der Waals surface area contributed by atoms with E-state index in [1.165, 1.54) is 52.0 Å². The van der Waals surface area contributed by atoms with Gasteiger partial charge in [-0.2, -0.15) is 13.2 Å². The number of carbonyl (C=O) groups is 1. The number of Topliss-reactive ketones (excluding diaryl/α,β-unsaturated/α-hetero) is 1. The number of rotatable bonds is 8. The summed E-state index contributed by atoms with van der Waals surface area (Å²) >= 11 is 0. The van der Waals surface area contributed by atoms with Crippen molar-refractivity contribution in [2.45, 2.75) is 93.5 Å². The Morgan fingerprint density at radius 2 is 1.78 bits per heavy atom. The van der Waals surface area contributed by atoms with Crippen molar-refractivity contribution < 1.29 is 26.4 Å². The van der Waals surface area contributed by atoms with Gasteiger partial charge >= 0.3 is 6.18 Å². The van der Waals surface area contributed by atoms with Crippen LogP contribution in [0.1, 0.15) is 77.2 Å². The Kier molecular flexibility index (Phi) is 7.75. The molecule has 0 spiro atoms. The molecule has 2 atom stereocenters. The maximum Gasteiger partial charge on any atom is 0.416 e. The summed E-state index contributed by atoms with van der Waals surface area (Å²) in [6.07, 6.45) is 3.45. The second-order valence-electron chi connectivity index (χ2n) is 9.96. The van der Waals surface area contributed by atoms with Gasteiger partial charge in [-0.25, -0.2) is 8.42 Å². The Hall–Kier alpha value is -1.41. The predicted octanol–water partition coefficient (Wildman–Crippen LogP) is 5.56. The van der Waals surface area contributed by atoms with Gasteiger partial charge in [0.15, 0.2) is 9.84 Å². The van der Waals surface area contributed by atoms with Crippen molar-refractivity contribution >= 4 is 15.6 Å². The standard InChI is InChI=1S/C24H34F3NO3S/c1-23(2,32(30,31)20-11-6-10-19(15-20)24(25,26)27)13-7-12-22(29)21-14-18(16-28-21)17-8-4-3-5-9-17/h6,10-11,15,17-18,21,28H,3-5,7-9,12-14,16H2,1-2H3. The average Bonchev–Trinajstić information content (AvgIpc) is 3.24. The highest BCUT2D eigenvalue weighted by molar-refractivity contribution is 7.92. The van der Waals surface area contributed by atoms with E-state index in [0.29, 0.717) is 24.3 Å². The van der Waals surface area contributed by atoms with Crippen LogP contribution in [-0.2, 0) is 20.8 Å². The molecule has 2 unspecified atom stereocenters. The van der Waals surface area contributed by atoms with E-state index in [1.807, 2.05) is 0 Å². The Balaban J connectivity index is 1.55. The highest BCUT2D eigenvalue weighted by Crippen LogP contribution is 2.36. The molecular weight excluding hydrogens is 439 g/mol. The summed E-state index contributed by atoms with van der Waals surface area (Å²) in [6.45, 7) is 3.90. The number of nitrogens with one attached hydrogen (secondary N) is 1. The zero-order valence-electron chi connectivity index (χ0n) is 18.9. The molecule has 1 aliphatic heterocycles. The van der Waals surface area contributed by atoms with E-state index in [9.17, 15) is 26.4 Å². The lowest BCUT2D eigenvalue weighted by Crippen LogP contribution is -2.34. The van der Waals surface area contributed by atoms with Crippen LogP contribution in [0.3, 0.4) is 0 Å². The van der Waals surface area contributed by atoms with Crippen molar-refractivity contribution in [1.82, 2.24) is 5.32 Å². The molecule has 2 aliphatic rings. The van der Waals surface area contributed by atoms with E-state index in [2.05, 4.69) is 5.32 Å². The fourth-order valence-corrected chi connectivity index (χ4v) is 6.72. The number of sulfone groups is 1. The van der Waals surface area contributed by atoms with Crippen LogP contribution < -0.4 is 5.32 Å². The summed E-state index contributed by atoms with van der Waals surface area (Å²) in [4.78, 5) is 12.4. The minimum atomic E-state index is -4.61. The van der Waals surface area contributed by atoms with Gasteiger partial charge in [-0.1, -0.05) is 38.2 Å². The van der Waals surface area contributed by atoms with Crippen molar-refractivity contribution in [2.75, 3.05) is 6.54 Å². The Morgan fingerprint density at radius 3 is 2.44 bits per heavy atom. The average molecular weight is 474 g/mol. The van der Waals surface area contributed by atoms with Crippen molar-refractivity contribution in [3.8, 4) is 0 Å². The lowest BCUT2D eigenvalue weighted by atomic mass is 9.79. The van der Waals surface area contributed by atoms with Crippen molar-refractivity contribution in [3.63, 3.8) is 0 Å². The summed E-state index contributed by atoms with van der Waals surface area (Å²) in [5.41, 5.74) is -0.982. The molecular formula is C24H34F3NO3S. The van der Waals surface area contributed by atoms with Gasteiger partial charge in [0.2, 0.25) is 0 Å². The first kappa shape index (κ1) is 25.2. The number of alkyl halides is 3. The third-order valence-electron chi connectivity index (χ3n) is 7.27. The van der Waals surface area contributed by atoms with Crippen LogP contribution in [-0.4, -0.2) is 31.5 Å². The summed E-state index contributed by atoms with van der Waals surface area (Å²) in [6, 6.07) is 3.70. The van der Waals surface area contributed by atoms with Gasteiger partial charge < -0.3 is 5.32 Å². The molecule has 4 nitrogen and oxygen atoms in total. The maximum absolute atomic E-state index is 13.0. The monoisotopic (exact) mass is 473 g/mol. The summed E-state index contributed by atoms with van der Waals surface area (Å²) in [5.74, 6) is 1.35. The summed E-state index contributed by atoms with van der Waals surface area (Å²) in [5, 5.41) is 3.35. The predicted molar refractivity (Wildman–Crippen MR) is 118 cm³/mol. The molecule has 0 bridgehead atoms. The Bertz CT molecular complexity index is 905. The second kappa shape index (κ2) is 9.84. The van der Waals surface area contributed by atoms with Crippen LogP contribution in [0.5, 0.6) is 0 Å². The maximum atomic E-state index is 13.0. The number of hydrogen-bond acceptors (Lipinski definition) is 4. The molecule has 1 saturated carbocycles. The van der Waals surface area contributed by atoms with Gasteiger partial charge in [-0.15, -0.1) is 0 Å². The molecule has 1 aromatic carbocycles. The first-order valence-electron chi connectivity index (χ1n) is 11.6. The molecule has 1 aliphatic carbocycles. The topological polar surface area (TPSA) is 63.2 Å². The van der Waals surface area contributed by atoms with Crippen LogP contribution in [0, 0.1) is 11.8 Å². The van der Waals surface area contributed by atoms with Crippen LogP contribution >= 0.6 is 0 Å². The minimum absolute atomic E-state index is 0.107. The largest absolute Gasteiger partial charge is 0.416 e. The Labute approximate surface area is 189 Å². The number of benzene rings is 1. The van der Waals surface area contributed by atoms with Gasteiger partial charge in [-0.3, -0.25) is 4.79 Å². The lowest BCUT2D eigenvalue weighted by Gasteiger charge is -2.27.